The average molecular weight is 291 g/mol. The second kappa shape index (κ2) is 6.47. The minimum absolute atomic E-state index is 0.0733. The van der Waals surface area contributed by atoms with Gasteiger partial charge < -0.3 is 5.32 Å². The first-order valence-electron chi connectivity index (χ1n) is 6.54. The molecular weight excluding hydrogens is 274 g/mol. The molecule has 2 aromatic rings. The zero-order chi connectivity index (χ0) is 14.5. The number of hydrogen-bond acceptors (Lipinski definition) is 4. The van der Waals surface area contributed by atoms with Gasteiger partial charge in [-0.1, -0.05) is 13.0 Å². The lowest BCUT2D eigenvalue weighted by atomic mass is 10.2. The lowest BCUT2D eigenvalue weighted by molar-refractivity contribution is 0.0933. The van der Waals surface area contributed by atoms with E-state index in [1.807, 2.05) is 31.4 Å². The lowest BCUT2D eigenvalue weighted by Crippen LogP contribution is -2.30. The van der Waals surface area contributed by atoms with E-state index < -0.39 is 0 Å². The van der Waals surface area contributed by atoms with Gasteiger partial charge in [0, 0.05) is 17.5 Å². The van der Waals surface area contributed by atoms with Crippen LogP contribution in [0.5, 0.6) is 0 Å². The molecule has 0 radical (unpaired) electrons. The molecule has 1 N–H and O–H groups in total. The highest BCUT2D eigenvalue weighted by Crippen LogP contribution is 2.18. The van der Waals surface area contributed by atoms with Gasteiger partial charge in [0.05, 0.1) is 6.04 Å². The zero-order valence-corrected chi connectivity index (χ0v) is 12.3. The molecule has 1 atom stereocenters. The lowest BCUT2D eigenvalue weighted by Gasteiger charge is -2.12. The molecule has 5 nitrogen and oxygen atoms in total. The Bertz CT molecular complexity index is 634. The van der Waals surface area contributed by atoms with Crippen LogP contribution < -0.4 is 10.9 Å². The van der Waals surface area contributed by atoms with E-state index in [2.05, 4.69) is 10.4 Å². The Hall–Kier alpha value is -1.95. The number of carbonyl (C=O) groups excluding carboxylic acids is 1. The topological polar surface area (TPSA) is 64.0 Å². The maximum atomic E-state index is 12.1. The predicted octanol–water partition coefficient (Wildman–Crippen LogP) is 2.21. The van der Waals surface area contributed by atoms with E-state index in [4.69, 9.17) is 0 Å². The molecule has 6 heteroatoms. The summed E-state index contributed by atoms with van der Waals surface area (Å²) in [5.74, 6) is -0.268. The van der Waals surface area contributed by atoms with Gasteiger partial charge in [0.1, 0.15) is 5.69 Å². The molecule has 106 valence electrons. The molecule has 2 rings (SSSR count). The van der Waals surface area contributed by atoms with Gasteiger partial charge in [-0.2, -0.15) is 5.10 Å². The number of thiophene rings is 1. The Balaban J connectivity index is 2.13. The third-order valence-electron chi connectivity index (χ3n) is 2.85. The van der Waals surface area contributed by atoms with Gasteiger partial charge >= 0.3 is 0 Å². The van der Waals surface area contributed by atoms with Crippen molar-refractivity contribution in [1.29, 1.82) is 0 Å². The predicted molar refractivity (Wildman–Crippen MR) is 79.0 cm³/mol. The molecule has 0 saturated heterocycles. The van der Waals surface area contributed by atoms with Gasteiger partial charge in [0.25, 0.3) is 11.5 Å². The van der Waals surface area contributed by atoms with Gasteiger partial charge in [-0.05, 0) is 30.9 Å². The van der Waals surface area contributed by atoms with E-state index in [1.54, 1.807) is 11.3 Å². The molecule has 0 spiro atoms. The Morgan fingerprint density at radius 1 is 1.45 bits per heavy atom. The zero-order valence-electron chi connectivity index (χ0n) is 11.5. The number of rotatable bonds is 5. The molecule has 2 aromatic heterocycles. The van der Waals surface area contributed by atoms with Crippen LogP contribution in [0.4, 0.5) is 0 Å². The van der Waals surface area contributed by atoms with Gasteiger partial charge in [0.15, 0.2) is 0 Å². The summed E-state index contributed by atoms with van der Waals surface area (Å²) in [4.78, 5) is 24.8. The van der Waals surface area contributed by atoms with Crippen molar-refractivity contribution in [3.63, 3.8) is 0 Å². The highest BCUT2D eigenvalue weighted by Gasteiger charge is 2.14. The first-order valence-corrected chi connectivity index (χ1v) is 7.42. The van der Waals surface area contributed by atoms with Crippen LogP contribution in [0.2, 0.25) is 0 Å². The number of aromatic nitrogens is 2. The molecule has 0 fully saturated rings. The summed E-state index contributed by atoms with van der Waals surface area (Å²) in [5.41, 5.74) is 0.0798. The SMILES string of the molecule is CCCn1nc(C(=O)N[C@H](C)c2cccs2)ccc1=O. The van der Waals surface area contributed by atoms with Crippen molar-refractivity contribution in [3.05, 3.63) is 50.6 Å². The molecule has 0 saturated carbocycles. The van der Waals surface area contributed by atoms with Crippen LogP contribution in [0.3, 0.4) is 0 Å². The number of nitrogens with one attached hydrogen (secondary N) is 1. The number of hydrogen-bond donors (Lipinski definition) is 1. The van der Waals surface area contributed by atoms with E-state index in [-0.39, 0.29) is 23.2 Å². The molecule has 0 aromatic carbocycles. The van der Waals surface area contributed by atoms with E-state index in [0.29, 0.717) is 6.54 Å². The second-order valence-electron chi connectivity index (χ2n) is 4.49. The minimum atomic E-state index is -0.268. The van der Waals surface area contributed by atoms with E-state index in [9.17, 15) is 9.59 Å². The van der Waals surface area contributed by atoms with Crippen LogP contribution in [0, 0.1) is 0 Å². The minimum Gasteiger partial charge on any atom is -0.343 e. The quantitative estimate of drug-likeness (QED) is 0.918. The van der Waals surface area contributed by atoms with Gasteiger partial charge in [-0.3, -0.25) is 9.59 Å². The van der Waals surface area contributed by atoms with Gasteiger partial charge in [0.2, 0.25) is 0 Å². The summed E-state index contributed by atoms with van der Waals surface area (Å²) < 4.78 is 1.32. The Kier molecular flexibility index (Phi) is 4.68. The summed E-state index contributed by atoms with van der Waals surface area (Å²) in [6.07, 6.45) is 0.795. The van der Waals surface area contributed by atoms with Crippen LogP contribution in [0.25, 0.3) is 0 Å². The first kappa shape index (κ1) is 14.5. The number of carbonyl (C=O) groups is 1. The van der Waals surface area contributed by atoms with Crippen LogP contribution in [0.15, 0.2) is 34.4 Å². The van der Waals surface area contributed by atoms with Crippen LogP contribution in [-0.2, 0) is 6.54 Å². The number of aryl methyl sites for hydroxylation is 1. The monoisotopic (exact) mass is 291 g/mol. The number of amides is 1. The third kappa shape index (κ3) is 3.33. The standard InChI is InChI=1S/C14H17N3O2S/c1-3-8-17-13(18)7-6-11(16-17)14(19)15-10(2)12-5-4-9-20-12/h4-7,9-10H,3,8H2,1-2H3,(H,15,19)/t10-/m1/s1. The third-order valence-corrected chi connectivity index (χ3v) is 3.91. The molecule has 2 heterocycles. The molecule has 0 bridgehead atoms. The van der Waals surface area contributed by atoms with Gasteiger partial charge in [-0.25, -0.2) is 4.68 Å². The molecule has 0 aliphatic heterocycles. The van der Waals surface area contributed by atoms with Crippen molar-refractivity contribution in [1.82, 2.24) is 15.1 Å². The van der Waals surface area contributed by atoms with Crippen molar-refractivity contribution in [2.24, 2.45) is 0 Å². The van der Waals surface area contributed by atoms with Crippen LogP contribution in [0.1, 0.15) is 41.7 Å². The fourth-order valence-corrected chi connectivity index (χ4v) is 2.56. The molecular formula is C14H17N3O2S. The summed E-state index contributed by atoms with van der Waals surface area (Å²) in [6.45, 7) is 4.39. The van der Waals surface area contributed by atoms with Crippen molar-refractivity contribution < 1.29 is 4.79 Å². The van der Waals surface area contributed by atoms with Gasteiger partial charge in [-0.15, -0.1) is 11.3 Å². The Labute approximate surface area is 121 Å². The molecule has 0 aliphatic rings. The molecule has 0 unspecified atom stereocenters. The first-order chi connectivity index (χ1) is 9.61. The summed E-state index contributed by atoms with van der Waals surface area (Å²) in [6, 6.07) is 6.69. The normalized spacial score (nSPS) is 12.1. The highest BCUT2D eigenvalue weighted by molar-refractivity contribution is 7.10. The largest absolute Gasteiger partial charge is 0.343 e. The highest BCUT2D eigenvalue weighted by atomic mass is 32.1. The smallest absolute Gasteiger partial charge is 0.272 e. The summed E-state index contributed by atoms with van der Waals surface area (Å²) in [7, 11) is 0. The van der Waals surface area contributed by atoms with Crippen LogP contribution in [-0.4, -0.2) is 15.7 Å². The Morgan fingerprint density at radius 2 is 2.25 bits per heavy atom. The Morgan fingerprint density at radius 3 is 2.90 bits per heavy atom. The van der Waals surface area contributed by atoms with Crippen molar-refractivity contribution in [2.75, 3.05) is 0 Å². The maximum Gasteiger partial charge on any atom is 0.272 e. The fourth-order valence-electron chi connectivity index (χ4n) is 1.82. The fraction of sp³-hybridized carbons (Fsp3) is 0.357. The number of nitrogens with zero attached hydrogens (tertiary/aromatic N) is 2. The van der Waals surface area contributed by atoms with Crippen molar-refractivity contribution in [2.45, 2.75) is 32.9 Å². The molecule has 20 heavy (non-hydrogen) atoms. The van der Waals surface area contributed by atoms with E-state index >= 15 is 0 Å². The molecule has 1 amide bonds. The van der Waals surface area contributed by atoms with E-state index in [1.165, 1.54) is 16.8 Å². The van der Waals surface area contributed by atoms with Crippen molar-refractivity contribution in [3.8, 4) is 0 Å². The summed E-state index contributed by atoms with van der Waals surface area (Å²) in [5, 5.41) is 8.94. The van der Waals surface area contributed by atoms with E-state index in [0.717, 1.165) is 11.3 Å². The maximum absolute atomic E-state index is 12.1. The summed E-state index contributed by atoms with van der Waals surface area (Å²) >= 11 is 1.59. The van der Waals surface area contributed by atoms with Crippen molar-refractivity contribution >= 4 is 17.2 Å². The second-order valence-corrected chi connectivity index (χ2v) is 5.47. The van der Waals surface area contributed by atoms with Crippen LogP contribution >= 0.6 is 11.3 Å². The average Bonchev–Trinajstić information content (AvgIpc) is 2.95. The molecule has 0 aliphatic carbocycles.